The van der Waals surface area contributed by atoms with Crippen molar-refractivity contribution in [2.45, 2.75) is 45.4 Å². The molecule has 1 aromatic rings. The number of unbranched alkanes of at least 4 members (excludes halogenated alkanes) is 2. The zero-order valence-corrected chi connectivity index (χ0v) is 16.2. The number of nitrogens with one attached hydrogen (secondary N) is 2. The van der Waals surface area contributed by atoms with Crippen LogP contribution in [0.25, 0.3) is 0 Å². The smallest absolute Gasteiger partial charge is 0.191 e. The Hall–Kier alpha value is -0.300. The summed E-state index contributed by atoms with van der Waals surface area (Å²) in [7, 11) is 1.83. The minimum absolute atomic E-state index is 0. The molecule has 1 heterocycles. The van der Waals surface area contributed by atoms with Crippen LogP contribution in [0.5, 0.6) is 0 Å². The maximum Gasteiger partial charge on any atom is 0.191 e. The van der Waals surface area contributed by atoms with Crippen LogP contribution in [0.15, 0.2) is 22.5 Å². The van der Waals surface area contributed by atoms with Crippen LogP contribution in [0.4, 0.5) is 0 Å². The molecule has 0 unspecified atom stereocenters. The Labute approximate surface area is 144 Å². The molecular formula is C15H28IN3S. The molecule has 0 aliphatic carbocycles. The molecule has 3 nitrogen and oxygen atoms in total. The number of hydrogen-bond acceptors (Lipinski definition) is 2. The van der Waals surface area contributed by atoms with Gasteiger partial charge in [-0.3, -0.25) is 4.99 Å². The number of thiophene rings is 1. The molecule has 0 aromatic carbocycles. The average molecular weight is 409 g/mol. The molecule has 0 saturated carbocycles. The highest BCUT2D eigenvalue weighted by molar-refractivity contribution is 14.0. The molecule has 116 valence electrons. The van der Waals surface area contributed by atoms with Crippen molar-refractivity contribution in [2.75, 3.05) is 20.1 Å². The van der Waals surface area contributed by atoms with Gasteiger partial charge in [-0.2, -0.15) is 0 Å². The number of nitrogens with zero attached hydrogens (tertiary/aromatic N) is 1. The van der Waals surface area contributed by atoms with Gasteiger partial charge in [-0.15, -0.1) is 35.3 Å². The molecule has 20 heavy (non-hydrogen) atoms. The largest absolute Gasteiger partial charge is 0.356 e. The van der Waals surface area contributed by atoms with E-state index in [0.29, 0.717) is 0 Å². The summed E-state index contributed by atoms with van der Waals surface area (Å²) in [6, 6.07) is 4.31. The first-order chi connectivity index (χ1) is 9.10. The first-order valence-corrected chi connectivity index (χ1v) is 7.96. The van der Waals surface area contributed by atoms with Crippen LogP contribution < -0.4 is 10.6 Å². The van der Waals surface area contributed by atoms with Crippen molar-refractivity contribution in [3.63, 3.8) is 0 Å². The summed E-state index contributed by atoms with van der Waals surface area (Å²) < 4.78 is 0. The molecule has 5 heteroatoms. The van der Waals surface area contributed by atoms with Crippen LogP contribution in [-0.2, 0) is 5.41 Å². The Morgan fingerprint density at radius 2 is 2.05 bits per heavy atom. The van der Waals surface area contributed by atoms with E-state index in [1.165, 1.54) is 24.1 Å². The number of halogens is 1. The Bertz CT molecular complexity index is 374. The highest BCUT2D eigenvalue weighted by Gasteiger charge is 2.21. The molecule has 1 aromatic heterocycles. The van der Waals surface area contributed by atoms with Crippen LogP contribution in [0, 0.1) is 0 Å². The van der Waals surface area contributed by atoms with Gasteiger partial charge in [-0.05, 0) is 17.9 Å². The predicted molar refractivity (Wildman–Crippen MR) is 102 cm³/mol. The van der Waals surface area contributed by atoms with E-state index in [4.69, 9.17) is 0 Å². The lowest BCUT2D eigenvalue weighted by atomic mass is 9.91. The lowest BCUT2D eigenvalue weighted by Gasteiger charge is -2.25. The van der Waals surface area contributed by atoms with Gasteiger partial charge in [-0.1, -0.05) is 39.7 Å². The molecule has 0 fully saturated rings. The molecule has 0 aliphatic rings. The highest BCUT2D eigenvalue weighted by Crippen LogP contribution is 2.26. The molecule has 1 rings (SSSR count). The number of hydrogen-bond donors (Lipinski definition) is 2. The molecule has 0 amide bonds. The van der Waals surface area contributed by atoms with Gasteiger partial charge < -0.3 is 10.6 Å². The van der Waals surface area contributed by atoms with Crippen LogP contribution in [0.1, 0.15) is 44.9 Å². The quantitative estimate of drug-likeness (QED) is 0.309. The molecule has 0 aliphatic heterocycles. The Balaban J connectivity index is 0.00000361. The SMILES string of the molecule is CCCCCNC(=NC)NCC(C)(C)c1cccs1.I. The summed E-state index contributed by atoms with van der Waals surface area (Å²) in [5, 5.41) is 8.92. The summed E-state index contributed by atoms with van der Waals surface area (Å²) in [6.45, 7) is 8.62. The second kappa shape index (κ2) is 10.4. The molecule has 0 saturated heterocycles. The maximum atomic E-state index is 4.27. The third kappa shape index (κ3) is 6.92. The number of rotatable bonds is 7. The van der Waals surface area contributed by atoms with Gasteiger partial charge in [0.2, 0.25) is 0 Å². The van der Waals surface area contributed by atoms with E-state index in [1.807, 2.05) is 18.4 Å². The van der Waals surface area contributed by atoms with Crippen molar-refractivity contribution in [1.82, 2.24) is 10.6 Å². The van der Waals surface area contributed by atoms with Crippen molar-refractivity contribution in [3.8, 4) is 0 Å². The van der Waals surface area contributed by atoms with E-state index >= 15 is 0 Å². The maximum absolute atomic E-state index is 4.27. The van der Waals surface area contributed by atoms with E-state index in [2.05, 4.69) is 53.9 Å². The average Bonchev–Trinajstić information content (AvgIpc) is 2.92. The van der Waals surface area contributed by atoms with Gasteiger partial charge in [0, 0.05) is 30.4 Å². The molecule has 0 radical (unpaired) electrons. The third-order valence-corrected chi connectivity index (χ3v) is 4.42. The zero-order valence-electron chi connectivity index (χ0n) is 13.0. The second-order valence-electron chi connectivity index (χ2n) is 5.42. The van der Waals surface area contributed by atoms with Crippen molar-refractivity contribution >= 4 is 41.3 Å². The zero-order chi connectivity index (χ0) is 14.1. The first-order valence-electron chi connectivity index (χ1n) is 7.08. The minimum Gasteiger partial charge on any atom is -0.356 e. The third-order valence-electron chi connectivity index (χ3n) is 3.18. The molecule has 0 bridgehead atoms. The summed E-state index contributed by atoms with van der Waals surface area (Å²) in [5.74, 6) is 0.903. The summed E-state index contributed by atoms with van der Waals surface area (Å²) in [6.07, 6.45) is 3.72. The molecular weight excluding hydrogens is 381 g/mol. The van der Waals surface area contributed by atoms with E-state index in [-0.39, 0.29) is 29.4 Å². The lowest BCUT2D eigenvalue weighted by Crippen LogP contribution is -2.43. The lowest BCUT2D eigenvalue weighted by molar-refractivity contribution is 0.518. The topological polar surface area (TPSA) is 36.4 Å². The normalized spacial score (nSPS) is 11.9. The van der Waals surface area contributed by atoms with Gasteiger partial charge in [0.1, 0.15) is 0 Å². The fraction of sp³-hybridized carbons (Fsp3) is 0.667. The fourth-order valence-electron chi connectivity index (χ4n) is 1.86. The van der Waals surface area contributed by atoms with Crippen LogP contribution in [-0.4, -0.2) is 26.1 Å². The summed E-state index contributed by atoms with van der Waals surface area (Å²) in [4.78, 5) is 5.67. The van der Waals surface area contributed by atoms with E-state index in [9.17, 15) is 0 Å². The van der Waals surface area contributed by atoms with Gasteiger partial charge in [0.15, 0.2) is 5.96 Å². The minimum atomic E-state index is 0. The van der Waals surface area contributed by atoms with Gasteiger partial charge in [-0.25, -0.2) is 0 Å². The predicted octanol–water partition coefficient (Wildman–Crippen LogP) is 4.00. The van der Waals surface area contributed by atoms with Crippen molar-refractivity contribution < 1.29 is 0 Å². The van der Waals surface area contributed by atoms with Crippen molar-refractivity contribution in [1.29, 1.82) is 0 Å². The highest BCUT2D eigenvalue weighted by atomic mass is 127. The Morgan fingerprint density at radius 1 is 1.30 bits per heavy atom. The van der Waals surface area contributed by atoms with Gasteiger partial charge in [0.05, 0.1) is 0 Å². The first kappa shape index (κ1) is 19.7. The molecule has 0 atom stereocenters. The number of guanidine groups is 1. The van der Waals surface area contributed by atoms with E-state index in [0.717, 1.165) is 19.0 Å². The van der Waals surface area contributed by atoms with Gasteiger partial charge >= 0.3 is 0 Å². The fourth-order valence-corrected chi connectivity index (χ4v) is 2.71. The molecule has 2 N–H and O–H groups in total. The van der Waals surface area contributed by atoms with E-state index < -0.39 is 0 Å². The van der Waals surface area contributed by atoms with E-state index in [1.54, 1.807) is 0 Å². The Kier molecular flexibility index (Phi) is 10.3. The second-order valence-corrected chi connectivity index (χ2v) is 6.37. The van der Waals surface area contributed by atoms with Crippen LogP contribution in [0.2, 0.25) is 0 Å². The van der Waals surface area contributed by atoms with Crippen molar-refractivity contribution in [3.05, 3.63) is 22.4 Å². The van der Waals surface area contributed by atoms with Crippen LogP contribution >= 0.6 is 35.3 Å². The van der Waals surface area contributed by atoms with Gasteiger partial charge in [0.25, 0.3) is 0 Å². The Morgan fingerprint density at radius 3 is 2.60 bits per heavy atom. The summed E-state index contributed by atoms with van der Waals surface area (Å²) >= 11 is 1.81. The molecule has 0 spiro atoms. The standard InChI is InChI=1S/C15H27N3S.HI/c1-5-6-7-10-17-14(16-4)18-12-15(2,3)13-9-8-11-19-13;/h8-9,11H,5-7,10,12H2,1-4H3,(H2,16,17,18);1H. The number of aliphatic imine (C=N–C) groups is 1. The van der Waals surface area contributed by atoms with Crippen molar-refractivity contribution in [2.24, 2.45) is 4.99 Å². The monoisotopic (exact) mass is 409 g/mol. The summed E-state index contributed by atoms with van der Waals surface area (Å²) in [5.41, 5.74) is 0.134. The van der Waals surface area contributed by atoms with Crippen LogP contribution in [0.3, 0.4) is 0 Å².